The monoisotopic (exact) mass is 165 g/mol. The molecule has 3 N–H and O–H groups in total. The van der Waals surface area contributed by atoms with E-state index in [2.05, 4.69) is 9.97 Å². The fraction of sp³-hybridized carbons (Fsp3) is 0.125. The molecule has 3 nitrogen and oxygen atoms in total. The van der Waals surface area contributed by atoms with Gasteiger partial charge in [0.15, 0.2) is 5.82 Å². The number of aromatic amines is 1. The second-order valence-electron chi connectivity index (χ2n) is 2.69. The van der Waals surface area contributed by atoms with E-state index in [1.165, 1.54) is 6.07 Å². The van der Waals surface area contributed by atoms with Crippen LogP contribution in [0.15, 0.2) is 12.1 Å². The quantitative estimate of drug-likeness (QED) is 0.582. The summed E-state index contributed by atoms with van der Waals surface area (Å²) in [5, 5.41) is 0. The maximum atomic E-state index is 13.2. The van der Waals surface area contributed by atoms with Crippen molar-refractivity contribution in [2.24, 2.45) is 0 Å². The van der Waals surface area contributed by atoms with Crippen molar-refractivity contribution in [3.8, 4) is 0 Å². The van der Waals surface area contributed by atoms with Crippen LogP contribution in [0.4, 0.5) is 10.1 Å². The Balaban J connectivity index is 2.89. The molecule has 12 heavy (non-hydrogen) atoms. The summed E-state index contributed by atoms with van der Waals surface area (Å²) in [7, 11) is 0. The lowest BCUT2D eigenvalue weighted by Gasteiger charge is -1.94. The molecule has 0 aliphatic heterocycles. The van der Waals surface area contributed by atoms with E-state index in [9.17, 15) is 4.39 Å². The highest BCUT2D eigenvalue weighted by atomic mass is 19.1. The van der Waals surface area contributed by atoms with Gasteiger partial charge in [0.05, 0.1) is 11.2 Å². The number of nitrogens with two attached hydrogens (primary N) is 1. The lowest BCUT2D eigenvalue weighted by molar-refractivity contribution is 0.641. The number of aromatic nitrogens is 2. The lowest BCUT2D eigenvalue weighted by Crippen LogP contribution is -1.90. The first-order chi connectivity index (χ1) is 5.68. The number of rotatable bonds is 0. The Bertz CT molecular complexity index is 433. The number of hydrogen-bond donors (Lipinski definition) is 2. The molecule has 0 spiro atoms. The summed E-state index contributed by atoms with van der Waals surface area (Å²) in [5.41, 5.74) is 6.49. The van der Waals surface area contributed by atoms with Gasteiger partial charge < -0.3 is 10.7 Å². The van der Waals surface area contributed by atoms with Crippen LogP contribution in [-0.4, -0.2) is 9.97 Å². The third kappa shape index (κ3) is 0.845. The number of imidazole rings is 1. The number of aryl methyl sites for hydroxylation is 1. The average Bonchev–Trinajstić information content (AvgIpc) is 2.39. The standard InChI is InChI=1S/C8H8FN3/c1-4-11-6-3-2-5(10)7(9)8(6)12-4/h2-3H,10H2,1H3,(H,11,12). The maximum Gasteiger partial charge on any atom is 0.173 e. The third-order valence-corrected chi connectivity index (χ3v) is 1.74. The van der Waals surface area contributed by atoms with Crippen LogP contribution in [0.5, 0.6) is 0 Å². The first-order valence-electron chi connectivity index (χ1n) is 3.59. The van der Waals surface area contributed by atoms with Crippen molar-refractivity contribution in [2.45, 2.75) is 6.92 Å². The molecule has 2 rings (SSSR count). The number of anilines is 1. The summed E-state index contributed by atoms with van der Waals surface area (Å²) in [6.07, 6.45) is 0. The van der Waals surface area contributed by atoms with Crippen LogP contribution in [-0.2, 0) is 0 Å². The molecule has 62 valence electrons. The van der Waals surface area contributed by atoms with E-state index in [1.54, 1.807) is 13.0 Å². The molecule has 0 radical (unpaired) electrons. The van der Waals surface area contributed by atoms with Gasteiger partial charge in [0.25, 0.3) is 0 Å². The van der Waals surface area contributed by atoms with Gasteiger partial charge in [0.1, 0.15) is 11.3 Å². The van der Waals surface area contributed by atoms with E-state index in [0.717, 1.165) is 0 Å². The van der Waals surface area contributed by atoms with Crippen LogP contribution in [0.2, 0.25) is 0 Å². The van der Waals surface area contributed by atoms with Gasteiger partial charge in [-0.25, -0.2) is 9.37 Å². The van der Waals surface area contributed by atoms with Gasteiger partial charge >= 0.3 is 0 Å². The Morgan fingerprint density at radius 1 is 1.50 bits per heavy atom. The van der Waals surface area contributed by atoms with Crippen molar-refractivity contribution in [2.75, 3.05) is 5.73 Å². The molecule has 0 atom stereocenters. The van der Waals surface area contributed by atoms with Crippen LogP contribution in [0.1, 0.15) is 5.82 Å². The van der Waals surface area contributed by atoms with Crippen molar-refractivity contribution >= 4 is 16.7 Å². The highest BCUT2D eigenvalue weighted by Crippen LogP contribution is 2.19. The van der Waals surface area contributed by atoms with Crippen LogP contribution >= 0.6 is 0 Å². The first-order valence-corrected chi connectivity index (χ1v) is 3.59. The summed E-state index contributed by atoms with van der Waals surface area (Å²) >= 11 is 0. The minimum atomic E-state index is -0.447. The fourth-order valence-corrected chi connectivity index (χ4v) is 1.18. The Morgan fingerprint density at radius 3 is 3.00 bits per heavy atom. The smallest absolute Gasteiger partial charge is 0.173 e. The van der Waals surface area contributed by atoms with E-state index in [0.29, 0.717) is 16.9 Å². The number of nitrogens with zero attached hydrogens (tertiary/aromatic N) is 1. The summed E-state index contributed by atoms with van der Waals surface area (Å²) < 4.78 is 13.2. The molecule has 0 aliphatic carbocycles. The predicted molar refractivity (Wildman–Crippen MR) is 45.2 cm³/mol. The third-order valence-electron chi connectivity index (χ3n) is 1.74. The van der Waals surface area contributed by atoms with Crippen LogP contribution in [0, 0.1) is 12.7 Å². The number of H-pyrrole nitrogens is 1. The number of benzene rings is 1. The van der Waals surface area contributed by atoms with Crippen molar-refractivity contribution < 1.29 is 4.39 Å². The van der Waals surface area contributed by atoms with Crippen LogP contribution in [0.3, 0.4) is 0 Å². The molecule has 0 aliphatic rings. The van der Waals surface area contributed by atoms with E-state index in [4.69, 9.17) is 5.73 Å². The minimum Gasteiger partial charge on any atom is -0.396 e. The van der Waals surface area contributed by atoms with E-state index in [-0.39, 0.29) is 5.69 Å². The van der Waals surface area contributed by atoms with E-state index in [1.807, 2.05) is 0 Å². The number of hydrogen-bond acceptors (Lipinski definition) is 2. The van der Waals surface area contributed by atoms with Crippen molar-refractivity contribution in [1.82, 2.24) is 9.97 Å². The molecule has 4 heteroatoms. The zero-order chi connectivity index (χ0) is 8.72. The van der Waals surface area contributed by atoms with Gasteiger partial charge in [-0.3, -0.25) is 0 Å². The SMILES string of the molecule is Cc1nc2c(F)c(N)ccc2[nH]1. The first kappa shape index (κ1) is 7.09. The molecule has 0 saturated heterocycles. The molecule has 1 aromatic heterocycles. The van der Waals surface area contributed by atoms with Crippen LogP contribution < -0.4 is 5.73 Å². The molecule has 0 amide bonds. The Hall–Kier alpha value is -1.58. The summed E-state index contributed by atoms with van der Waals surface area (Å²) in [6, 6.07) is 3.24. The lowest BCUT2D eigenvalue weighted by atomic mass is 10.3. The topological polar surface area (TPSA) is 54.7 Å². The normalized spacial score (nSPS) is 10.8. The summed E-state index contributed by atoms with van der Waals surface area (Å²) in [4.78, 5) is 6.88. The fourth-order valence-electron chi connectivity index (χ4n) is 1.18. The summed E-state index contributed by atoms with van der Waals surface area (Å²) in [6.45, 7) is 1.77. The Labute approximate surface area is 68.4 Å². The number of halogens is 1. The molecule has 0 bridgehead atoms. The van der Waals surface area contributed by atoms with Gasteiger partial charge in [-0.05, 0) is 19.1 Å². The van der Waals surface area contributed by atoms with Crippen molar-refractivity contribution in [3.63, 3.8) is 0 Å². The molecule has 0 unspecified atom stereocenters. The molecule has 1 heterocycles. The van der Waals surface area contributed by atoms with Gasteiger partial charge in [0.2, 0.25) is 0 Å². The Kier molecular flexibility index (Phi) is 1.30. The largest absolute Gasteiger partial charge is 0.396 e. The summed E-state index contributed by atoms with van der Waals surface area (Å²) in [5.74, 6) is 0.242. The van der Waals surface area contributed by atoms with Gasteiger partial charge in [-0.2, -0.15) is 0 Å². The van der Waals surface area contributed by atoms with E-state index < -0.39 is 5.82 Å². The maximum absolute atomic E-state index is 13.2. The predicted octanol–water partition coefficient (Wildman–Crippen LogP) is 1.59. The number of nitrogens with one attached hydrogen (secondary N) is 1. The number of fused-ring (bicyclic) bond motifs is 1. The van der Waals surface area contributed by atoms with Gasteiger partial charge in [-0.15, -0.1) is 0 Å². The van der Waals surface area contributed by atoms with E-state index >= 15 is 0 Å². The highest BCUT2D eigenvalue weighted by molar-refractivity contribution is 5.79. The second-order valence-corrected chi connectivity index (χ2v) is 2.69. The molecular formula is C8H8FN3. The van der Waals surface area contributed by atoms with Gasteiger partial charge in [-0.1, -0.05) is 0 Å². The van der Waals surface area contributed by atoms with Crippen molar-refractivity contribution in [3.05, 3.63) is 23.8 Å². The van der Waals surface area contributed by atoms with Crippen LogP contribution in [0.25, 0.3) is 11.0 Å². The molecular weight excluding hydrogens is 157 g/mol. The minimum absolute atomic E-state index is 0.133. The zero-order valence-corrected chi connectivity index (χ0v) is 6.56. The molecule has 0 fully saturated rings. The number of nitrogen functional groups attached to an aromatic ring is 1. The Morgan fingerprint density at radius 2 is 2.25 bits per heavy atom. The molecule has 1 aromatic carbocycles. The van der Waals surface area contributed by atoms with Crippen molar-refractivity contribution in [1.29, 1.82) is 0 Å². The highest BCUT2D eigenvalue weighted by Gasteiger charge is 2.07. The van der Waals surface area contributed by atoms with Gasteiger partial charge in [0, 0.05) is 0 Å². The second kappa shape index (κ2) is 2.20. The zero-order valence-electron chi connectivity index (χ0n) is 6.56. The average molecular weight is 165 g/mol. The molecule has 2 aromatic rings. The molecule has 0 saturated carbocycles.